The van der Waals surface area contributed by atoms with E-state index >= 15 is 0 Å². The maximum Gasteiger partial charge on any atom is 0.151 e. The number of benzene rings is 1. The highest BCUT2D eigenvalue weighted by Crippen LogP contribution is 2.23. The second-order valence-corrected chi connectivity index (χ2v) is 9.15. The molecule has 1 unspecified atom stereocenters. The molecule has 1 atom stereocenters. The molecular weight excluding hydrogens is 270 g/mol. The van der Waals surface area contributed by atoms with Gasteiger partial charge in [0.2, 0.25) is 0 Å². The average molecular weight is 295 g/mol. The van der Waals surface area contributed by atoms with E-state index in [2.05, 4.69) is 49.9 Å². The lowest BCUT2D eigenvalue weighted by molar-refractivity contribution is 0.254. The Kier molecular flexibility index (Phi) is 4.26. The van der Waals surface area contributed by atoms with E-state index in [-0.39, 0.29) is 11.5 Å². The summed E-state index contributed by atoms with van der Waals surface area (Å²) in [6.45, 7) is 7.43. The highest BCUT2D eigenvalue weighted by Gasteiger charge is 2.30. The summed E-state index contributed by atoms with van der Waals surface area (Å²) in [4.78, 5) is 2.16. The highest BCUT2D eigenvalue weighted by atomic mass is 32.2. The van der Waals surface area contributed by atoms with Crippen LogP contribution in [-0.4, -0.2) is 37.9 Å². The molecule has 0 spiro atoms. The van der Waals surface area contributed by atoms with Crippen LogP contribution in [0.3, 0.4) is 0 Å². The van der Waals surface area contributed by atoms with E-state index in [1.807, 2.05) is 7.05 Å². The van der Waals surface area contributed by atoms with Gasteiger partial charge in [-0.15, -0.1) is 0 Å². The average Bonchev–Trinajstić information content (AvgIpc) is 2.69. The van der Waals surface area contributed by atoms with Gasteiger partial charge in [0.15, 0.2) is 9.84 Å². The first-order valence-corrected chi connectivity index (χ1v) is 9.00. The molecule has 1 heterocycles. The molecule has 3 nitrogen and oxygen atoms in total. The molecule has 0 saturated carbocycles. The van der Waals surface area contributed by atoms with Crippen molar-refractivity contribution >= 4 is 9.84 Å². The van der Waals surface area contributed by atoms with Gasteiger partial charge in [0.1, 0.15) is 0 Å². The maximum atomic E-state index is 11.5. The minimum absolute atomic E-state index is 0.169. The van der Waals surface area contributed by atoms with Crippen LogP contribution < -0.4 is 0 Å². The highest BCUT2D eigenvalue weighted by molar-refractivity contribution is 7.91. The Hall–Kier alpha value is -0.870. The molecule has 1 saturated heterocycles. The lowest BCUT2D eigenvalue weighted by Gasteiger charge is -2.24. The fourth-order valence-electron chi connectivity index (χ4n) is 2.65. The van der Waals surface area contributed by atoms with Crippen LogP contribution in [0, 0.1) is 0 Å². The molecule has 4 heteroatoms. The van der Waals surface area contributed by atoms with Gasteiger partial charge in [-0.2, -0.15) is 0 Å². The third-order valence-electron chi connectivity index (χ3n) is 4.08. The smallest absolute Gasteiger partial charge is 0.151 e. The number of nitrogens with zero attached hydrogens (tertiary/aromatic N) is 1. The van der Waals surface area contributed by atoms with Crippen LogP contribution in [0.15, 0.2) is 24.3 Å². The molecule has 0 bridgehead atoms. The van der Waals surface area contributed by atoms with Crippen LogP contribution in [0.4, 0.5) is 0 Å². The number of hydrogen-bond acceptors (Lipinski definition) is 3. The first-order chi connectivity index (χ1) is 9.17. The minimum atomic E-state index is -2.80. The monoisotopic (exact) mass is 295 g/mol. The second-order valence-electron chi connectivity index (χ2n) is 6.92. The number of hydrogen-bond donors (Lipinski definition) is 0. The Morgan fingerprint density at radius 1 is 1.20 bits per heavy atom. The summed E-state index contributed by atoms with van der Waals surface area (Å²) in [5.41, 5.74) is 2.74. The topological polar surface area (TPSA) is 37.4 Å². The molecule has 0 N–H and O–H groups in total. The molecule has 0 radical (unpaired) electrons. The Bertz CT molecular complexity index is 555. The van der Waals surface area contributed by atoms with Gasteiger partial charge in [-0.3, -0.25) is 4.90 Å². The lowest BCUT2D eigenvalue weighted by Crippen LogP contribution is -2.32. The molecule has 0 aliphatic carbocycles. The molecule has 0 amide bonds. The molecule has 0 aromatic heterocycles. The van der Waals surface area contributed by atoms with Crippen LogP contribution in [0.2, 0.25) is 0 Å². The third-order valence-corrected chi connectivity index (χ3v) is 5.83. The maximum absolute atomic E-state index is 11.5. The van der Waals surface area contributed by atoms with Gasteiger partial charge >= 0.3 is 0 Å². The molecular formula is C16H25NO2S. The predicted molar refractivity (Wildman–Crippen MR) is 83.7 cm³/mol. The number of rotatable bonds is 3. The first-order valence-electron chi connectivity index (χ1n) is 7.17. The summed E-state index contributed by atoms with van der Waals surface area (Å²) in [5, 5.41) is 0. The first kappa shape index (κ1) is 15.5. The lowest BCUT2D eigenvalue weighted by atomic mass is 9.87. The van der Waals surface area contributed by atoms with Crippen molar-refractivity contribution in [1.82, 2.24) is 4.90 Å². The summed E-state index contributed by atoms with van der Waals surface area (Å²) in [6, 6.07) is 8.83. The second kappa shape index (κ2) is 5.49. The molecule has 1 aromatic rings. The van der Waals surface area contributed by atoms with E-state index in [1.54, 1.807) is 0 Å². The van der Waals surface area contributed by atoms with Crippen molar-refractivity contribution < 1.29 is 8.42 Å². The van der Waals surface area contributed by atoms with Gasteiger partial charge in [0.25, 0.3) is 0 Å². The van der Waals surface area contributed by atoms with Crippen molar-refractivity contribution in [3.8, 4) is 0 Å². The van der Waals surface area contributed by atoms with Gasteiger partial charge < -0.3 is 0 Å². The van der Waals surface area contributed by atoms with Gasteiger partial charge in [0.05, 0.1) is 11.5 Å². The van der Waals surface area contributed by atoms with Crippen LogP contribution >= 0.6 is 0 Å². The Labute approximate surface area is 122 Å². The number of sulfone groups is 1. The molecule has 2 rings (SSSR count). The van der Waals surface area contributed by atoms with Crippen molar-refractivity contribution in [3.05, 3.63) is 35.4 Å². The molecule has 1 aliphatic rings. The van der Waals surface area contributed by atoms with Gasteiger partial charge in [-0.25, -0.2) is 8.42 Å². The van der Waals surface area contributed by atoms with Crippen LogP contribution in [0.1, 0.15) is 38.3 Å². The normalized spacial score (nSPS) is 22.4. The predicted octanol–water partition coefficient (Wildman–Crippen LogP) is 2.60. The Balaban J connectivity index is 2.00. The van der Waals surface area contributed by atoms with Crippen LogP contribution in [-0.2, 0) is 21.8 Å². The standard InChI is InChI=1S/C16H25NO2S/c1-16(2,3)14-7-5-13(6-8-14)11-17(4)15-9-10-20(18,19)12-15/h5-8,15H,9-12H2,1-4H3. The van der Waals surface area contributed by atoms with Crippen molar-refractivity contribution in [2.75, 3.05) is 18.6 Å². The molecule has 20 heavy (non-hydrogen) atoms. The Morgan fingerprint density at radius 2 is 1.80 bits per heavy atom. The van der Waals surface area contributed by atoms with Gasteiger partial charge in [0, 0.05) is 12.6 Å². The van der Waals surface area contributed by atoms with Crippen LogP contribution in [0.25, 0.3) is 0 Å². The van der Waals surface area contributed by atoms with Crippen LogP contribution in [0.5, 0.6) is 0 Å². The fourth-order valence-corrected chi connectivity index (χ4v) is 4.46. The molecule has 1 fully saturated rings. The van der Waals surface area contributed by atoms with E-state index in [0.29, 0.717) is 11.5 Å². The quantitative estimate of drug-likeness (QED) is 0.860. The minimum Gasteiger partial charge on any atom is -0.298 e. The summed E-state index contributed by atoms with van der Waals surface area (Å²) in [6.07, 6.45) is 0.763. The van der Waals surface area contributed by atoms with Crippen molar-refractivity contribution in [2.24, 2.45) is 0 Å². The van der Waals surface area contributed by atoms with E-state index in [0.717, 1.165) is 13.0 Å². The van der Waals surface area contributed by atoms with E-state index in [9.17, 15) is 8.42 Å². The van der Waals surface area contributed by atoms with E-state index in [1.165, 1.54) is 11.1 Å². The van der Waals surface area contributed by atoms with E-state index < -0.39 is 9.84 Å². The van der Waals surface area contributed by atoms with Crippen molar-refractivity contribution in [3.63, 3.8) is 0 Å². The summed E-state index contributed by atoms with van der Waals surface area (Å²) in [5.74, 6) is 0.647. The Morgan fingerprint density at radius 3 is 2.25 bits per heavy atom. The summed E-state index contributed by atoms with van der Waals surface area (Å²) in [7, 11) is -0.783. The van der Waals surface area contributed by atoms with Gasteiger partial charge in [-0.1, -0.05) is 45.0 Å². The molecule has 112 valence electrons. The largest absolute Gasteiger partial charge is 0.298 e. The zero-order valence-corrected chi connectivity index (χ0v) is 13.7. The zero-order valence-electron chi connectivity index (χ0n) is 12.9. The van der Waals surface area contributed by atoms with E-state index in [4.69, 9.17) is 0 Å². The van der Waals surface area contributed by atoms with Gasteiger partial charge in [-0.05, 0) is 30.0 Å². The fraction of sp³-hybridized carbons (Fsp3) is 0.625. The van der Waals surface area contributed by atoms with Crippen molar-refractivity contribution in [2.45, 2.75) is 45.2 Å². The van der Waals surface area contributed by atoms with Crippen molar-refractivity contribution in [1.29, 1.82) is 0 Å². The summed E-state index contributed by atoms with van der Waals surface area (Å²) < 4.78 is 23.1. The molecule has 1 aliphatic heterocycles. The summed E-state index contributed by atoms with van der Waals surface area (Å²) >= 11 is 0. The third kappa shape index (κ3) is 3.83. The SMILES string of the molecule is CN(Cc1ccc(C(C)(C)C)cc1)C1CCS(=O)(=O)C1. The molecule has 1 aromatic carbocycles. The zero-order chi connectivity index (χ0) is 15.0.